The zero-order valence-corrected chi connectivity index (χ0v) is 18.2. The fraction of sp³-hybridized carbons (Fsp3) is 0.421. The number of carbonyl (C=O) groups excluding carboxylic acids is 1. The van der Waals surface area contributed by atoms with Crippen molar-refractivity contribution in [3.63, 3.8) is 0 Å². The van der Waals surface area contributed by atoms with Gasteiger partial charge in [-0.1, -0.05) is 17.4 Å². The normalized spacial score (nSPS) is 15.4. The lowest BCUT2D eigenvalue weighted by atomic mass is 10.2. The number of fused-ring (bicyclic) bond motifs is 1. The van der Waals surface area contributed by atoms with Crippen LogP contribution in [0.3, 0.4) is 0 Å². The summed E-state index contributed by atoms with van der Waals surface area (Å²) in [5.74, 6) is -0.0143. The van der Waals surface area contributed by atoms with Crippen molar-refractivity contribution in [1.82, 2.24) is 19.7 Å². The molecule has 0 bridgehead atoms. The Kier molecular flexibility index (Phi) is 5.07. The van der Waals surface area contributed by atoms with Crippen molar-refractivity contribution < 1.29 is 13.2 Å². The molecule has 3 aromatic rings. The minimum atomic E-state index is -3.34. The van der Waals surface area contributed by atoms with E-state index < -0.39 is 9.84 Å². The lowest BCUT2D eigenvalue weighted by molar-refractivity contribution is 0.0732. The van der Waals surface area contributed by atoms with Crippen LogP contribution >= 0.6 is 11.3 Å². The van der Waals surface area contributed by atoms with E-state index in [1.54, 1.807) is 29.1 Å². The van der Waals surface area contributed by atoms with E-state index in [-0.39, 0.29) is 16.8 Å². The van der Waals surface area contributed by atoms with Gasteiger partial charge in [-0.2, -0.15) is 5.10 Å². The Morgan fingerprint density at radius 2 is 1.86 bits per heavy atom. The first-order valence-corrected chi connectivity index (χ1v) is 12.1. The molecule has 0 aliphatic carbocycles. The molecule has 1 aliphatic rings. The second-order valence-corrected chi connectivity index (χ2v) is 10.4. The predicted molar refractivity (Wildman–Crippen MR) is 113 cm³/mol. The summed E-state index contributed by atoms with van der Waals surface area (Å²) in [5.41, 5.74) is 1.13. The van der Waals surface area contributed by atoms with Crippen molar-refractivity contribution in [2.24, 2.45) is 0 Å². The Bertz CT molecular complexity index is 1160. The molecular weight excluding hydrogens is 410 g/mol. The number of amides is 1. The van der Waals surface area contributed by atoms with Crippen LogP contribution in [0.2, 0.25) is 0 Å². The highest BCUT2D eigenvalue weighted by molar-refractivity contribution is 7.91. The van der Waals surface area contributed by atoms with Crippen molar-refractivity contribution >= 4 is 42.4 Å². The van der Waals surface area contributed by atoms with E-state index in [4.69, 9.17) is 0 Å². The molecule has 8 nitrogen and oxygen atoms in total. The minimum absolute atomic E-state index is 0.0143. The van der Waals surface area contributed by atoms with E-state index in [2.05, 4.69) is 15.0 Å². The zero-order chi connectivity index (χ0) is 20.8. The Morgan fingerprint density at radius 3 is 2.52 bits per heavy atom. The van der Waals surface area contributed by atoms with Crippen LogP contribution in [0, 0.1) is 0 Å². The van der Waals surface area contributed by atoms with E-state index in [0.29, 0.717) is 37.4 Å². The number of para-hydroxylation sites is 1. The molecule has 4 rings (SSSR count). The lowest BCUT2D eigenvalue weighted by Crippen LogP contribution is -2.49. The monoisotopic (exact) mass is 433 g/mol. The van der Waals surface area contributed by atoms with E-state index in [1.807, 2.05) is 24.8 Å². The van der Waals surface area contributed by atoms with Gasteiger partial charge in [0, 0.05) is 44.7 Å². The van der Waals surface area contributed by atoms with Gasteiger partial charge in [-0.05, 0) is 32.0 Å². The zero-order valence-electron chi connectivity index (χ0n) is 16.6. The van der Waals surface area contributed by atoms with Gasteiger partial charge in [-0.15, -0.1) is 0 Å². The van der Waals surface area contributed by atoms with Crippen LogP contribution in [0.4, 0.5) is 5.13 Å². The topological polar surface area (TPSA) is 88.4 Å². The Labute approximate surface area is 173 Å². The van der Waals surface area contributed by atoms with Gasteiger partial charge < -0.3 is 9.80 Å². The third-order valence-corrected chi connectivity index (χ3v) is 7.20. The van der Waals surface area contributed by atoms with Gasteiger partial charge in [-0.3, -0.25) is 9.48 Å². The second-order valence-electron chi connectivity index (χ2n) is 7.41. The smallest absolute Gasteiger partial charge is 0.272 e. The first-order valence-electron chi connectivity index (χ1n) is 9.43. The van der Waals surface area contributed by atoms with E-state index in [9.17, 15) is 13.2 Å². The highest BCUT2D eigenvalue weighted by Crippen LogP contribution is 2.33. The number of hydrogen-bond acceptors (Lipinski definition) is 7. The number of carbonyl (C=O) groups is 1. The van der Waals surface area contributed by atoms with Crippen LogP contribution in [0.15, 0.2) is 35.4 Å². The number of thiazole rings is 1. The fourth-order valence-corrected chi connectivity index (χ4v) is 5.45. The molecule has 10 heteroatoms. The maximum absolute atomic E-state index is 12.9. The molecule has 1 saturated heterocycles. The SMILES string of the molecule is CC(C)n1nccc1C(=O)N1CCN(c2nc3c(S(C)(=O)=O)cccc3s2)CC1. The Balaban J connectivity index is 1.51. The third kappa shape index (κ3) is 3.74. The average Bonchev–Trinajstić information content (AvgIpc) is 3.33. The van der Waals surface area contributed by atoms with Crippen LogP contribution in [0.1, 0.15) is 30.4 Å². The van der Waals surface area contributed by atoms with Crippen LogP contribution in [-0.4, -0.2) is 66.4 Å². The van der Waals surface area contributed by atoms with Crippen molar-refractivity contribution in [1.29, 1.82) is 0 Å². The second kappa shape index (κ2) is 7.42. The standard InChI is InChI=1S/C19H23N5O3S2/c1-13(2)24-14(7-8-20-24)18(25)22-9-11-23(12-10-22)19-21-17-15(28-19)5-4-6-16(17)29(3,26)27/h4-8,13H,9-12H2,1-3H3. The quantitative estimate of drug-likeness (QED) is 0.628. The van der Waals surface area contributed by atoms with Gasteiger partial charge in [0.25, 0.3) is 5.91 Å². The molecule has 0 unspecified atom stereocenters. The first-order chi connectivity index (χ1) is 13.8. The van der Waals surface area contributed by atoms with Gasteiger partial charge in [0.2, 0.25) is 0 Å². The van der Waals surface area contributed by atoms with Crippen molar-refractivity contribution in [2.45, 2.75) is 24.8 Å². The number of hydrogen-bond donors (Lipinski definition) is 0. The molecule has 0 N–H and O–H groups in total. The molecule has 1 fully saturated rings. The molecule has 0 radical (unpaired) electrons. The number of aromatic nitrogens is 3. The predicted octanol–water partition coefficient (Wildman–Crippen LogP) is 2.44. The number of nitrogens with zero attached hydrogens (tertiary/aromatic N) is 5. The van der Waals surface area contributed by atoms with Gasteiger partial charge in [0.05, 0.1) is 9.60 Å². The molecule has 0 saturated carbocycles. The Hall–Kier alpha value is -2.46. The van der Waals surface area contributed by atoms with Crippen LogP contribution in [-0.2, 0) is 9.84 Å². The van der Waals surface area contributed by atoms with Gasteiger partial charge in [0.15, 0.2) is 15.0 Å². The van der Waals surface area contributed by atoms with Crippen LogP contribution < -0.4 is 4.90 Å². The highest BCUT2D eigenvalue weighted by Gasteiger charge is 2.27. The number of piperazine rings is 1. The van der Waals surface area contributed by atoms with E-state index in [0.717, 1.165) is 9.83 Å². The molecule has 154 valence electrons. The van der Waals surface area contributed by atoms with Crippen LogP contribution in [0.25, 0.3) is 10.2 Å². The molecular formula is C19H23N5O3S2. The lowest BCUT2D eigenvalue weighted by Gasteiger charge is -2.34. The third-order valence-electron chi connectivity index (χ3n) is 4.99. The molecule has 29 heavy (non-hydrogen) atoms. The Morgan fingerprint density at radius 1 is 1.14 bits per heavy atom. The first kappa shape index (κ1) is 19.8. The molecule has 2 aromatic heterocycles. The molecule has 1 aliphatic heterocycles. The van der Waals surface area contributed by atoms with Gasteiger partial charge in [-0.25, -0.2) is 13.4 Å². The summed E-state index contributed by atoms with van der Waals surface area (Å²) in [7, 11) is -3.34. The number of benzene rings is 1. The maximum atomic E-state index is 12.9. The summed E-state index contributed by atoms with van der Waals surface area (Å²) in [5, 5.41) is 5.04. The summed E-state index contributed by atoms with van der Waals surface area (Å²) >= 11 is 1.48. The summed E-state index contributed by atoms with van der Waals surface area (Å²) in [6.07, 6.45) is 2.86. The molecule has 3 heterocycles. The number of rotatable bonds is 4. The highest BCUT2D eigenvalue weighted by atomic mass is 32.2. The van der Waals surface area contributed by atoms with Crippen LogP contribution in [0.5, 0.6) is 0 Å². The largest absolute Gasteiger partial charge is 0.345 e. The maximum Gasteiger partial charge on any atom is 0.272 e. The van der Waals surface area contributed by atoms with Gasteiger partial charge >= 0.3 is 0 Å². The molecule has 1 aromatic carbocycles. The summed E-state index contributed by atoms with van der Waals surface area (Å²) < 4.78 is 26.7. The summed E-state index contributed by atoms with van der Waals surface area (Å²) in [4.78, 5) is 21.7. The summed E-state index contributed by atoms with van der Waals surface area (Å²) in [6.45, 7) is 6.46. The molecule has 0 spiro atoms. The number of sulfone groups is 1. The van der Waals surface area contributed by atoms with Crippen molar-refractivity contribution in [3.8, 4) is 0 Å². The van der Waals surface area contributed by atoms with E-state index >= 15 is 0 Å². The molecule has 1 amide bonds. The van der Waals surface area contributed by atoms with Crippen molar-refractivity contribution in [3.05, 3.63) is 36.2 Å². The van der Waals surface area contributed by atoms with Gasteiger partial charge in [0.1, 0.15) is 11.2 Å². The molecule has 0 atom stereocenters. The fourth-order valence-electron chi connectivity index (χ4n) is 3.50. The summed E-state index contributed by atoms with van der Waals surface area (Å²) in [6, 6.07) is 7.11. The average molecular weight is 434 g/mol. The minimum Gasteiger partial charge on any atom is -0.345 e. The number of anilines is 1. The van der Waals surface area contributed by atoms with Crippen molar-refractivity contribution in [2.75, 3.05) is 37.3 Å². The van der Waals surface area contributed by atoms with E-state index in [1.165, 1.54) is 17.6 Å².